The van der Waals surface area contributed by atoms with Crippen LogP contribution >= 0.6 is 11.6 Å². The van der Waals surface area contributed by atoms with E-state index in [0.29, 0.717) is 12.0 Å². The van der Waals surface area contributed by atoms with E-state index in [9.17, 15) is 0 Å². The predicted molar refractivity (Wildman–Crippen MR) is 74.2 cm³/mol. The Hall–Kier alpha value is -0.770. The zero-order valence-electron chi connectivity index (χ0n) is 10.7. The first-order chi connectivity index (χ1) is 8.75. The monoisotopic (exact) mass is 266 g/mol. The zero-order chi connectivity index (χ0) is 12.5. The lowest BCUT2D eigenvalue weighted by molar-refractivity contribution is 0.00420. The molecule has 2 aliphatic heterocycles. The van der Waals surface area contributed by atoms with E-state index in [2.05, 4.69) is 29.3 Å². The van der Waals surface area contributed by atoms with Gasteiger partial charge in [0.05, 0.1) is 13.2 Å². The molecule has 1 saturated heterocycles. The van der Waals surface area contributed by atoms with Gasteiger partial charge in [0.25, 0.3) is 0 Å². The van der Waals surface area contributed by atoms with Crippen LogP contribution in [0.3, 0.4) is 0 Å². The number of benzene rings is 1. The molecule has 4 heteroatoms. The average Bonchev–Trinajstić information content (AvgIpc) is 2.39. The molecule has 2 atom stereocenters. The number of fused-ring (bicyclic) bond motifs is 1. The van der Waals surface area contributed by atoms with Gasteiger partial charge in [-0.1, -0.05) is 18.5 Å². The Balaban J connectivity index is 1.95. The molecule has 0 saturated carbocycles. The highest BCUT2D eigenvalue weighted by Crippen LogP contribution is 2.39. The Morgan fingerprint density at radius 1 is 1.33 bits per heavy atom. The zero-order valence-corrected chi connectivity index (χ0v) is 11.4. The third kappa shape index (κ3) is 2.22. The minimum atomic E-state index is 0.462. The summed E-state index contributed by atoms with van der Waals surface area (Å²) < 4.78 is 5.45. The fraction of sp³-hybridized carbons (Fsp3) is 0.571. The van der Waals surface area contributed by atoms with Crippen molar-refractivity contribution in [2.24, 2.45) is 5.92 Å². The quantitative estimate of drug-likeness (QED) is 0.846. The summed E-state index contributed by atoms with van der Waals surface area (Å²) in [5.41, 5.74) is 2.57. The van der Waals surface area contributed by atoms with E-state index in [-0.39, 0.29) is 0 Å². The number of nitrogens with one attached hydrogen (secondary N) is 1. The van der Waals surface area contributed by atoms with Gasteiger partial charge in [0.1, 0.15) is 0 Å². The summed E-state index contributed by atoms with van der Waals surface area (Å²) in [4.78, 5) is 2.53. The van der Waals surface area contributed by atoms with Crippen molar-refractivity contribution in [1.29, 1.82) is 0 Å². The van der Waals surface area contributed by atoms with Crippen LogP contribution in [-0.2, 0) is 4.74 Å². The number of nitrogens with zero attached hydrogens (tertiary/aromatic N) is 1. The maximum atomic E-state index is 6.16. The van der Waals surface area contributed by atoms with Crippen LogP contribution in [0, 0.1) is 5.92 Å². The normalized spacial score (nSPS) is 28.6. The van der Waals surface area contributed by atoms with Crippen molar-refractivity contribution < 1.29 is 4.74 Å². The van der Waals surface area contributed by atoms with Crippen LogP contribution in [0.15, 0.2) is 18.2 Å². The molecule has 2 heterocycles. The molecule has 3 rings (SSSR count). The molecule has 2 aliphatic rings. The van der Waals surface area contributed by atoms with Crippen molar-refractivity contribution in [3.8, 4) is 0 Å². The molecule has 0 spiro atoms. The van der Waals surface area contributed by atoms with Gasteiger partial charge in [0, 0.05) is 36.4 Å². The van der Waals surface area contributed by atoms with Crippen LogP contribution in [0.2, 0.25) is 5.02 Å². The Morgan fingerprint density at radius 2 is 2.11 bits per heavy atom. The highest BCUT2D eigenvalue weighted by molar-refractivity contribution is 6.30. The Morgan fingerprint density at radius 3 is 2.89 bits per heavy atom. The predicted octanol–water partition coefficient (Wildman–Crippen LogP) is 2.77. The molecule has 98 valence electrons. The van der Waals surface area contributed by atoms with Crippen LogP contribution in [0.1, 0.15) is 18.5 Å². The second-order valence-electron chi connectivity index (χ2n) is 5.18. The van der Waals surface area contributed by atoms with E-state index in [1.54, 1.807) is 0 Å². The van der Waals surface area contributed by atoms with Crippen molar-refractivity contribution in [3.63, 3.8) is 0 Å². The Labute approximate surface area is 113 Å². The van der Waals surface area contributed by atoms with Crippen molar-refractivity contribution >= 4 is 17.3 Å². The molecule has 0 bridgehead atoms. The summed E-state index contributed by atoms with van der Waals surface area (Å²) in [5, 5.41) is 4.31. The fourth-order valence-electron chi connectivity index (χ4n) is 3.04. The molecule has 0 radical (unpaired) electrons. The molecular formula is C14H19ClN2O. The number of halogens is 1. The second-order valence-corrected chi connectivity index (χ2v) is 5.62. The highest BCUT2D eigenvalue weighted by atomic mass is 35.5. The second kappa shape index (κ2) is 5.08. The van der Waals surface area contributed by atoms with Crippen molar-refractivity contribution in [3.05, 3.63) is 28.8 Å². The molecule has 1 fully saturated rings. The van der Waals surface area contributed by atoms with Gasteiger partial charge < -0.3 is 10.1 Å². The summed E-state index contributed by atoms with van der Waals surface area (Å²) in [6, 6.07) is 6.63. The molecule has 2 unspecified atom stereocenters. The molecule has 3 nitrogen and oxygen atoms in total. The van der Waals surface area contributed by atoms with E-state index >= 15 is 0 Å². The van der Waals surface area contributed by atoms with E-state index < -0.39 is 0 Å². The van der Waals surface area contributed by atoms with Crippen LogP contribution in [0.25, 0.3) is 0 Å². The fourth-order valence-corrected chi connectivity index (χ4v) is 3.22. The summed E-state index contributed by atoms with van der Waals surface area (Å²) >= 11 is 6.16. The lowest BCUT2D eigenvalue weighted by Crippen LogP contribution is -2.44. The minimum Gasteiger partial charge on any atom is -0.384 e. The Kier molecular flexibility index (Phi) is 3.46. The number of anilines is 1. The number of rotatable bonds is 1. The summed E-state index contributed by atoms with van der Waals surface area (Å²) in [6.45, 7) is 7.04. The van der Waals surface area contributed by atoms with Crippen molar-refractivity contribution in [1.82, 2.24) is 4.90 Å². The van der Waals surface area contributed by atoms with Gasteiger partial charge in [-0.25, -0.2) is 0 Å². The summed E-state index contributed by atoms with van der Waals surface area (Å²) in [5.74, 6) is 0.592. The molecule has 0 aliphatic carbocycles. The van der Waals surface area contributed by atoms with Crippen LogP contribution in [-0.4, -0.2) is 37.7 Å². The lowest BCUT2D eigenvalue weighted by Gasteiger charge is -2.42. The third-order valence-corrected chi connectivity index (χ3v) is 4.16. The van der Waals surface area contributed by atoms with Crippen molar-refractivity contribution in [2.45, 2.75) is 13.0 Å². The first-order valence-corrected chi connectivity index (χ1v) is 6.98. The minimum absolute atomic E-state index is 0.462. The number of ether oxygens (including phenoxy) is 1. The van der Waals surface area contributed by atoms with E-state index in [1.165, 1.54) is 11.3 Å². The molecule has 1 aromatic rings. The lowest BCUT2D eigenvalue weighted by atomic mass is 9.88. The Bertz CT molecular complexity index is 432. The topological polar surface area (TPSA) is 24.5 Å². The van der Waals surface area contributed by atoms with Crippen LogP contribution in [0.4, 0.5) is 5.69 Å². The van der Waals surface area contributed by atoms with Gasteiger partial charge in [-0.3, -0.25) is 4.90 Å². The number of hydrogen-bond acceptors (Lipinski definition) is 3. The maximum Gasteiger partial charge on any atom is 0.0594 e. The molecule has 18 heavy (non-hydrogen) atoms. The van der Waals surface area contributed by atoms with Crippen molar-refractivity contribution in [2.75, 3.05) is 38.2 Å². The van der Waals surface area contributed by atoms with Gasteiger partial charge in [-0.05, 0) is 29.7 Å². The van der Waals surface area contributed by atoms with Gasteiger partial charge in [0.2, 0.25) is 0 Å². The SMILES string of the molecule is CC1CNc2ccc(Cl)cc2C1N1CCOCC1. The first kappa shape index (κ1) is 12.3. The van der Waals surface area contributed by atoms with Crippen LogP contribution < -0.4 is 5.32 Å². The van der Waals surface area contributed by atoms with Gasteiger partial charge in [-0.2, -0.15) is 0 Å². The van der Waals surface area contributed by atoms with Gasteiger partial charge in [-0.15, -0.1) is 0 Å². The average molecular weight is 267 g/mol. The number of morpholine rings is 1. The maximum absolute atomic E-state index is 6.16. The van der Waals surface area contributed by atoms with Gasteiger partial charge in [0.15, 0.2) is 0 Å². The molecule has 0 amide bonds. The summed E-state index contributed by atoms with van der Waals surface area (Å²) in [7, 11) is 0. The van der Waals surface area contributed by atoms with Crippen LogP contribution in [0.5, 0.6) is 0 Å². The van der Waals surface area contributed by atoms with E-state index in [1.807, 2.05) is 6.07 Å². The largest absolute Gasteiger partial charge is 0.384 e. The molecule has 1 N–H and O–H groups in total. The van der Waals surface area contributed by atoms with E-state index in [4.69, 9.17) is 16.3 Å². The third-order valence-electron chi connectivity index (χ3n) is 3.92. The molecule has 0 aromatic heterocycles. The molecular weight excluding hydrogens is 248 g/mol. The summed E-state index contributed by atoms with van der Waals surface area (Å²) in [6.07, 6.45) is 0. The smallest absolute Gasteiger partial charge is 0.0594 e. The molecule has 1 aromatic carbocycles. The standard InChI is InChI=1S/C14H19ClN2O/c1-10-9-16-13-3-2-11(15)8-12(13)14(10)17-4-6-18-7-5-17/h2-3,8,10,14,16H,4-7,9H2,1H3. The van der Waals surface area contributed by atoms with Gasteiger partial charge >= 0.3 is 0 Å². The highest BCUT2D eigenvalue weighted by Gasteiger charge is 2.32. The first-order valence-electron chi connectivity index (χ1n) is 6.61. The number of hydrogen-bond donors (Lipinski definition) is 1. The van der Waals surface area contributed by atoms with E-state index in [0.717, 1.165) is 37.9 Å².